The number of benzene rings is 3. The highest BCUT2D eigenvalue weighted by Crippen LogP contribution is 2.58. The molecule has 3 aromatic carbocycles. The second-order valence-electron chi connectivity index (χ2n) is 6.46. The Morgan fingerprint density at radius 1 is 0.607 bits per heavy atom. The Morgan fingerprint density at radius 2 is 1.04 bits per heavy atom. The molecular formula is C24H20Cl2NP. The highest BCUT2D eigenvalue weighted by molar-refractivity contribution is 7.95. The standard InChI is InChI=1S/C24H20ClNP.ClH/c25-24-17-16-20(18-26-24)19-27(21-10-4-1-5-11-21,22-12-6-2-7-13-22)23-14-8-3-9-15-23;/h1-18H,19H2;1H/q+1;/p-1. The van der Waals surface area contributed by atoms with Crippen molar-refractivity contribution in [2.75, 3.05) is 0 Å². The molecule has 140 valence electrons. The second kappa shape index (κ2) is 9.34. The van der Waals surface area contributed by atoms with Gasteiger partial charge in [-0.25, -0.2) is 4.98 Å². The molecule has 1 aromatic heterocycles. The largest absolute Gasteiger partial charge is 1.00 e. The van der Waals surface area contributed by atoms with Gasteiger partial charge in [-0.3, -0.25) is 0 Å². The third-order valence-corrected chi connectivity index (χ3v) is 9.40. The molecule has 0 radical (unpaired) electrons. The summed E-state index contributed by atoms with van der Waals surface area (Å²) >= 11 is 6.03. The zero-order chi connectivity index (χ0) is 18.5. The van der Waals surface area contributed by atoms with E-state index in [4.69, 9.17) is 11.6 Å². The first-order valence-corrected chi connectivity index (χ1v) is 11.3. The van der Waals surface area contributed by atoms with Crippen LogP contribution in [-0.4, -0.2) is 4.98 Å². The van der Waals surface area contributed by atoms with Gasteiger partial charge in [-0.1, -0.05) is 72.3 Å². The first-order chi connectivity index (χ1) is 13.3. The first kappa shape index (κ1) is 20.6. The zero-order valence-electron chi connectivity index (χ0n) is 15.2. The van der Waals surface area contributed by atoms with Gasteiger partial charge in [0.25, 0.3) is 0 Å². The predicted molar refractivity (Wildman–Crippen MR) is 118 cm³/mol. The fourth-order valence-electron chi connectivity index (χ4n) is 3.54. The van der Waals surface area contributed by atoms with Gasteiger partial charge in [-0.05, 0) is 42.5 Å². The highest BCUT2D eigenvalue weighted by atomic mass is 35.5. The molecule has 0 aliphatic carbocycles. The lowest BCUT2D eigenvalue weighted by Gasteiger charge is -2.27. The molecule has 0 aliphatic heterocycles. The van der Waals surface area contributed by atoms with Gasteiger partial charge in [-0.15, -0.1) is 0 Å². The SMILES string of the molecule is Clc1ccc(C[P+](c2ccccc2)(c2ccccc2)c2ccccc2)cn1.[Cl-]. The van der Waals surface area contributed by atoms with Crippen LogP contribution in [-0.2, 0) is 6.16 Å². The zero-order valence-corrected chi connectivity index (χ0v) is 17.7. The smallest absolute Gasteiger partial charge is 0.129 e. The van der Waals surface area contributed by atoms with E-state index in [-0.39, 0.29) is 12.4 Å². The average Bonchev–Trinajstić information content (AvgIpc) is 2.75. The molecule has 28 heavy (non-hydrogen) atoms. The molecule has 4 aromatic rings. The molecule has 1 heterocycles. The third-order valence-electron chi connectivity index (χ3n) is 4.80. The molecule has 1 nitrogen and oxygen atoms in total. The Balaban J connectivity index is 0.00000225. The van der Waals surface area contributed by atoms with Crippen LogP contribution in [0.15, 0.2) is 109 Å². The van der Waals surface area contributed by atoms with Crippen molar-refractivity contribution in [3.63, 3.8) is 0 Å². The van der Waals surface area contributed by atoms with Gasteiger partial charge in [0.2, 0.25) is 0 Å². The molecule has 0 N–H and O–H groups in total. The Bertz CT molecular complexity index is 894. The van der Waals surface area contributed by atoms with Gasteiger partial charge >= 0.3 is 0 Å². The maximum atomic E-state index is 6.03. The maximum Gasteiger partial charge on any atom is 0.129 e. The molecule has 0 spiro atoms. The lowest BCUT2D eigenvalue weighted by atomic mass is 10.3. The van der Waals surface area contributed by atoms with Crippen molar-refractivity contribution in [1.82, 2.24) is 4.98 Å². The normalized spacial score (nSPS) is 10.9. The molecule has 0 saturated carbocycles. The number of pyridine rings is 1. The summed E-state index contributed by atoms with van der Waals surface area (Å²) in [6, 6.07) is 36.6. The van der Waals surface area contributed by atoms with Gasteiger partial charge in [0.1, 0.15) is 28.3 Å². The minimum absolute atomic E-state index is 0. The number of rotatable bonds is 5. The van der Waals surface area contributed by atoms with Crippen LogP contribution in [0.5, 0.6) is 0 Å². The van der Waals surface area contributed by atoms with Crippen LogP contribution in [0.2, 0.25) is 5.15 Å². The van der Waals surface area contributed by atoms with Crippen LogP contribution in [0.1, 0.15) is 5.56 Å². The predicted octanol–water partition coefficient (Wildman–Crippen LogP) is 2.23. The van der Waals surface area contributed by atoms with E-state index in [2.05, 4.69) is 102 Å². The Morgan fingerprint density at radius 3 is 1.39 bits per heavy atom. The summed E-state index contributed by atoms with van der Waals surface area (Å²) in [5.41, 5.74) is 1.20. The topological polar surface area (TPSA) is 12.9 Å². The molecule has 0 amide bonds. The van der Waals surface area contributed by atoms with E-state index in [1.54, 1.807) is 0 Å². The molecule has 4 rings (SSSR count). The summed E-state index contributed by atoms with van der Waals surface area (Å²) in [6.45, 7) is 0. The highest BCUT2D eigenvalue weighted by Gasteiger charge is 2.45. The molecule has 4 heteroatoms. The summed E-state index contributed by atoms with van der Waals surface area (Å²) in [5.74, 6) is 0. The molecule has 0 bridgehead atoms. The van der Waals surface area contributed by atoms with E-state index in [9.17, 15) is 0 Å². The van der Waals surface area contributed by atoms with Crippen molar-refractivity contribution in [2.45, 2.75) is 6.16 Å². The fraction of sp³-hybridized carbons (Fsp3) is 0.0417. The van der Waals surface area contributed by atoms with E-state index in [1.165, 1.54) is 21.5 Å². The van der Waals surface area contributed by atoms with Gasteiger partial charge < -0.3 is 12.4 Å². The van der Waals surface area contributed by atoms with Crippen LogP contribution < -0.4 is 28.3 Å². The van der Waals surface area contributed by atoms with Gasteiger partial charge in [0.05, 0.1) is 6.16 Å². The summed E-state index contributed by atoms with van der Waals surface area (Å²) in [7, 11) is -1.87. The van der Waals surface area contributed by atoms with Crippen molar-refractivity contribution in [1.29, 1.82) is 0 Å². The summed E-state index contributed by atoms with van der Waals surface area (Å²) in [4.78, 5) is 4.33. The van der Waals surface area contributed by atoms with E-state index >= 15 is 0 Å². The lowest BCUT2D eigenvalue weighted by molar-refractivity contribution is -0.00000522. The minimum atomic E-state index is -1.87. The summed E-state index contributed by atoms with van der Waals surface area (Å²) in [6.07, 6.45) is 2.82. The van der Waals surface area contributed by atoms with Gasteiger partial charge in [0.15, 0.2) is 0 Å². The van der Waals surface area contributed by atoms with E-state index in [0.29, 0.717) is 5.15 Å². The average molecular weight is 424 g/mol. The second-order valence-corrected chi connectivity index (χ2v) is 10.3. The van der Waals surface area contributed by atoms with Crippen LogP contribution in [0.4, 0.5) is 0 Å². The Kier molecular flexibility index (Phi) is 6.86. The Hall–Kier alpha value is -2.18. The van der Waals surface area contributed by atoms with Crippen molar-refractivity contribution in [3.8, 4) is 0 Å². The number of nitrogens with zero attached hydrogens (tertiary/aromatic N) is 1. The minimum Gasteiger partial charge on any atom is -1.00 e. The molecule has 0 fully saturated rings. The van der Waals surface area contributed by atoms with E-state index in [0.717, 1.165) is 6.16 Å². The molecule has 0 saturated heterocycles. The van der Waals surface area contributed by atoms with Crippen LogP contribution in [0, 0.1) is 0 Å². The van der Waals surface area contributed by atoms with Crippen LogP contribution in [0.25, 0.3) is 0 Å². The van der Waals surface area contributed by atoms with Crippen LogP contribution >= 0.6 is 18.9 Å². The van der Waals surface area contributed by atoms with Crippen molar-refractivity contribution >= 4 is 34.8 Å². The third kappa shape index (κ3) is 4.13. The number of aromatic nitrogens is 1. The number of hydrogen-bond donors (Lipinski definition) is 0. The van der Waals surface area contributed by atoms with E-state index in [1.807, 2.05) is 12.3 Å². The van der Waals surface area contributed by atoms with E-state index < -0.39 is 7.26 Å². The number of hydrogen-bond acceptors (Lipinski definition) is 1. The van der Waals surface area contributed by atoms with Crippen molar-refractivity contribution in [3.05, 3.63) is 120 Å². The first-order valence-electron chi connectivity index (χ1n) is 8.94. The van der Waals surface area contributed by atoms with Crippen molar-refractivity contribution in [2.24, 2.45) is 0 Å². The van der Waals surface area contributed by atoms with Crippen LogP contribution in [0.3, 0.4) is 0 Å². The Labute approximate surface area is 178 Å². The summed E-state index contributed by atoms with van der Waals surface area (Å²) < 4.78 is 0. The molecule has 0 aliphatic rings. The molecule has 0 unspecified atom stereocenters. The fourth-order valence-corrected chi connectivity index (χ4v) is 7.87. The maximum absolute atomic E-state index is 6.03. The van der Waals surface area contributed by atoms with Gasteiger partial charge in [-0.2, -0.15) is 0 Å². The molecular weight excluding hydrogens is 404 g/mol. The lowest BCUT2D eigenvalue weighted by Crippen LogP contribution is -3.00. The number of halogens is 2. The quantitative estimate of drug-likeness (QED) is 0.354. The molecule has 0 atom stereocenters. The van der Waals surface area contributed by atoms with Crippen molar-refractivity contribution < 1.29 is 12.4 Å². The summed E-state index contributed by atoms with van der Waals surface area (Å²) in [5, 5.41) is 4.65. The monoisotopic (exact) mass is 423 g/mol. The van der Waals surface area contributed by atoms with Gasteiger partial charge in [0, 0.05) is 11.8 Å².